The topological polar surface area (TPSA) is 73.9 Å². The van der Waals surface area contributed by atoms with Gasteiger partial charge >= 0.3 is 0 Å². The lowest BCUT2D eigenvalue weighted by Gasteiger charge is -2.27. The van der Waals surface area contributed by atoms with Gasteiger partial charge in [-0.05, 0) is 11.5 Å². The minimum Gasteiger partial charge on any atom is -0.329 e. The van der Waals surface area contributed by atoms with E-state index in [4.69, 9.17) is 0 Å². The van der Waals surface area contributed by atoms with E-state index in [9.17, 15) is 4.79 Å². The van der Waals surface area contributed by atoms with Gasteiger partial charge in [-0.1, -0.05) is 30.3 Å². The van der Waals surface area contributed by atoms with Crippen LogP contribution in [0.4, 0.5) is 0 Å². The summed E-state index contributed by atoms with van der Waals surface area (Å²) in [5, 5.41) is 13.7. The SMILES string of the molecule is O=C(c1cn[nH]n1)N1C[C@@H]2CNC[C@@H]2[C@H]1c1ccccc1. The number of amides is 1. The number of benzene rings is 1. The molecule has 0 saturated carbocycles. The Morgan fingerprint density at radius 1 is 1.24 bits per heavy atom. The summed E-state index contributed by atoms with van der Waals surface area (Å²) in [6.07, 6.45) is 1.50. The number of hydrogen-bond donors (Lipinski definition) is 2. The quantitative estimate of drug-likeness (QED) is 0.856. The second kappa shape index (κ2) is 4.96. The standard InChI is InChI=1S/C15H17N5O/c21-15(13-8-17-19-18-13)20-9-11-6-16-7-12(11)14(20)10-4-2-1-3-5-10/h1-5,8,11-12,14,16H,6-7,9H2,(H,17,18,19)/t11-,12-,14+/m0/s1. The molecule has 6 heteroatoms. The number of nitrogens with zero attached hydrogens (tertiary/aromatic N) is 3. The van der Waals surface area contributed by atoms with Crippen LogP contribution in [0.5, 0.6) is 0 Å². The van der Waals surface area contributed by atoms with Crippen molar-refractivity contribution in [1.82, 2.24) is 25.6 Å². The molecular formula is C15H17N5O. The molecule has 0 radical (unpaired) electrons. The Kier molecular flexibility index (Phi) is 2.96. The van der Waals surface area contributed by atoms with E-state index < -0.39 is 0 Å². The lowest BCUT2D eigenvalue weighted by Crippen LogP contribution is -2.34. The molecule has 21 heavy (non-hydrogen) atoms. The summed E-state index contributed by atoms with van der Waals surface area (Å²) in [5.74, 6) is 0.960. The number of hydrogen-bond acceptors (Lipinski definition) is 4. The Balaban J connectivity index is 1.70. The summed E-state index contributed by atoms with van der Waals surface area (Å²) in [5.41, 5.74) is 1.59. The number of aromatic amines is 1. The number of fused-ring (bicyclic) bond motifs is 1. The zero-order chi connectivity index (χ0) is 14.2. The number of rotatable bonds is 2. The van der Waals surface area contributed by atoms with E-state index in [0.717, 1.165) is 19.6 Å². The summed E-state index contributed by atoms with van der Waals surface area (Å²) < 4.78 is 0. The van der Waals surface area contributed by atoms with Gasteiger partial charge in [0.2, 0.25) is 0 Å². The molecule has 2 saturated heterocycles. The van der Waals surface area contributed by atoms with Gasteiger partial charge in [0.1, 0.15) is 0 Å². The van der Waals surface area contributed by atoms with Crippen LogP contribution in [0.15, 0.2) is 36.5 Å². The van der Waals surface area contributed by atoms with Crippen molar-refractivity contribution in [3.63, 3.8) is 0 Å². The van der Waals surface area contributed by atoms with Gasteiger partial charge in [-0.2, -0.15) is 15.4 Å². The number of H-pyrrole nitrogens is 1. The first-order valence-electron chi connectivity index (χ1n) is 7.27. The molecule has 0 unspecified atom stereocenters. The van der Waals surface area contributed by atoms with Crippen LogP contribution in [-0.4, -0.2) is 45.9 Å². The monoisotopic (exact) mass is 283 g/mol. The van der Waals surface area contributed by atoms with Crippen LogP contribution in [0.1, 0.15) is 22.1 Å². The zero-order valence-electron chi connectivity index (χ0n) is 11.6. The predicted molar refractivity (Wildman–Crippen MR) is 76.5 cm³/mol. The first-order valence-corrected chi connectivity index (χ1v) is 7.27. The van der Waals surface area contributed by atoms with E-state index >= 15 is 0 Å². The fourth-order valence-electron chi connectivity index (χ4n) is 3.66. The number of nitrogens with one attached hydrogen (secondary N) is 2. The van der Waals surface area contributed by atoms with Gasteiger partial charge in [-0.3, -0.25) is 4.79 Å². The molecule has 0 spiro atoms. The number of likely N-dealkylation sites (tertiary alicyclic amines) is 1. The number of carbonyl (C=O) groups excluding carboxylic acids is 1. The predicted octanol–water partition coefficient (Wildman–Crippen LogP) is 0.837. The summed E-state index contributed by atoms with van der Waals surface area (Å²) >= 11 is 0. The van der Waals surface area contributed by atoms with Crippen molar-refractivity contribution in [1.29, 1.82) is 0 Å². The van der Waals surface area contributed by atoms with Crippen molar-refractivity contribution in [3.8, 4) is 0 Å². The summed E-state index contributed by atoms with van der Waals surface area (Å²) in [6, 6.07) is 10.4. The van der Waals surface area contributed by atoms with Crippen molar-refractivity contribution in [2.24, 2.45) is 11.8 Å². The molecule has 6 nitrogen and oxygen atoms in total. The van der Waals surface area contributed by atoms with Crippen molar-refractivity contribution >= 4 is 5.91 Å². The smallest absolute Gasteiger partial charge is 0.276 e. The second-order valence-corrected chi connectivity index (χ2v) is 5.75. The van der Waals surface area contributed by atoms with Gasteiger partial charge < -0.3 is 10.2 Å². The van der Waals surface area contributed by atoms with Gasteiger partial charge in [-0.25, -0.2) is 0 Å². The molecule has 1 aromatic carbocycles. The third kappa shape index (κ3) is 2.03. The Labute approximate surface area is 122 Å². The van der Waals surface area contributed by atoms with E-state index in [1.54, 1.807) is 0 Å². The van der Waals surface area contributed by atoms with Gasteiger partial charge in [0.05, 0.1) is 12.2 Å². The molecule has 4 rings (SSSR count). The van der Waals surface area contributed by atoms with Crippen molar-refractivity contribution < 1.29 is 4.79 Å². The molecular weight excluding hydrogens is 266 g/mol. The third-order valence-electron chi connectivity index (χ3n) is 4.60. The van der Waals surface area contributed by atoms with E-state index in [-0.39, 0.29) is 11.9 Å². The summed E-state index contributed by atoms with van der Waals surface area (Å²) in [4.78, 5) is 14.7. The van der Waals surface area contributed by atoms with Gasteiger partial charge in [-0.15, -0.1) is 0 Å². The lowest BCUT2D eigenvalue weighted by atomic mass is 9.89. The largest absolute Gasteiger partial charge is 0.329 e. The Morgan fingerprint density at radius 2 is 2.10 bits per heavy atom. The van der Waals surface area contributed by atoms with Crippen LogP contribution in [0.3, 0.4) is 0 Å². The molecule has 1 aromatic heterocycles. The van der Waals surface area contributed by atoms with Gasteiger partial charge in [0.25, 0.3) is 5.91 Å². The maximum Gasteiger partial charge on any atom is 0.276 e. The minimum absolute atomic E-state index is 0.0352. The third-order valence-corrected chi connectivity index (χ3v) is 4.60. The van der Waals surface area contributed by atoms with Crippen LogP contribution in [-0.2, 0) is 0 Å². The van der Waals surface area contributed by atoms with Crippen LogP contribution in [0.2, 0.25) is 0 Å². The highest BCUT2D eigenvalue weighted by Crippen LogP contribution is 2.42. The Morgan fingerprint density at radius 3 is 2.86 bits per heavy atom. The first kappa shape index (κ1) is 12.5. The minimum atomic E-state index is -0.0352. The van der Waals surface area contributed by atoms with Crippen molar-refractivity contribution in [3.05, 3.63) is 47.8 Å². The Bertz CT molecular complexity index is 627. The number of carbonyl (C=O) groups is 1. The van der Waals surface area contributed by atoms with Crippen LogP contribution in [0, 0.1) is 11.8 Å². The molecule has 2 aromatic rings. The summed E-state index contributed by atoms with van der Waals surface area (Å²) in [7, 11) is 0. The molecule has 0 bridgehead atoms. The fourth-order valence-corrected chi connectivity index (χ4v) is 3.66. The molecule has 108 valence electrons. The highest BCUT2D eigenvalue weighted by atomic mass is 16.2. The lowest BCUT2D eigenvalue weighted by molar-refractivity contribution is 0.0708. The average Bonchev–Trinajstić information content (AvgIpc) is 3.23. The first-order chi connectivity index (χ1) is 10.3. The van der Waals surface area contributed by atoms with Crippen molar-refractivity contribution in [2.45, 2.75) is 6.04 Å². The van der Waals surface area contributed by atoms with Gasteiger partial charge in [0.15, 0.2) is 5.69 Å². The molecule has 1 amide bonds. The molecule has 0 aliphatic carbocycles. The fraction of sp³-hybridized carbons (Fsp3) is 0.400. The molecule has 3 atom stereocenters. The highest BCUT2D eigenvalue weighted by molar-refractivity contribution is 5.92. The van der Waals surface area contributed by atoms with E-state index in [2.05, 4.69) is 32.9 Å². The molecule has 2 N–H and O–H groups in total. The average molecular weight is 283 g/mol. The van der Waals surface area contributed by atoms with Crippen molar-refractivity contribution in [2.75, 3.05) is 19.6 Å². The van der Waals surface area contributed by atoms with Crippen LogP contribution >= 0.6 is 0 Å². The summed E-state index contributed by atoms with van der Waals surface area (Å²) in [6.45, 7) is 2.73. The second-order valence-electron chi connectivity index (χ2n) is 5.75. The molecule has 2 fully saturated rings. The molecule has 3 heterocycles. The molecule has 2 aliphatic rings. The number of aromatic nitrogens is 3. The van der Waals surface area contributed by atoms with Crippen LogP contribution < -0.4 is 5.32 Å². The highest BCUT2D eigenvalue weighted by Gasteiger charge is 2.47. The van der Waals surface area contributed by atoms with E-state index in [0.29, 0.717) is 17.5 Å². The van der Waals surface area contributed by atoms with Gasteiger partial charge in [0, 0.05) is 25.6 Å². The maximum atomic E-state index is 12.7. The normalized spacial score (nSPS) is 27.8. The van der Waals surface area contributed by atoms with E-state index in [1.807, 2.05) is 23.1 Å². The Hall–Kier alpha value is -2.21. The van der Waals surface area contributed by atoms with Crippen LogP contribution in [0.25, 0.3) is 0 Å². The maximum absolute atomic E-state index is 12.7. The van der Waals surface area contributed by atoms with E-state index in [1.165, 1.54) is 11.8 Å². The molecule has 2 aliphatic heterocycles. The zero-order valence-corrected chi connectivity index (χ0v) is 11.6.